The molecule has 0 spiro atoms. The highest BCUT2D eigenvalue weighted by Gasteiger charge is 1.92. The second-order valence-electron chi connectivity index (χ2n) is 2.17. The molecule has 0 aliphatic heterocycles. The largest absolute Gasteiger partial charge is 0.379 e. The van der Waals surface area contributed by atoms with E-state index in [2.05, 4.69) is 6.92 Å². The van der Waals surface area contributed by atoms with Gasteiger partial charge in [-0.15, -0.1) is 8.85 Å². The molecular weight excluding hydrogens is 203 g/mol. The van der Waals surface area contributed by atoms with E-state index in [1.54, 1.807) is 0 Å². The summed E-state index contributed by atoms with van der Waals surface area (Å²) in [5.41, 5.74) is 0. The topological polar surface area (TPSA) is 52.9 Å². The smallest absolute Gasteiger partial charge is 0.152 e. The Morgan fingerprint density at radius 3 is 2.17 bits per heavy atom. The van der Waals surface area contributed by atoms with Crippen LogP contribution in [-0.4, -0.2) is 15.7 Å². The molecule has 4 nitrogen and oxygen atoms in total. The number of rotatable bonds is 5. The minimum atomic E-state index is 0.781. The van der Waals surface area contributed by atoms with Crippen molar-refractivity contribution in [1.29, 1.82) is 0 Å². The molecule has 0 aromatic carbocycles. The van der Waals surface area contributed by atoms with Crippen molar-refractivity contribution in [2.45, 2.75) is 32.6 Å². The molecule has 0 saturated carbocycles. The van der Waals surface area contributed by atoms with E-state index in [4.69, 9.17) is 33.7 Å². The normalized spacial score (nSPS) is 9.00. The van der Waals surface area contributed by atoms with Crippen molar-refractivity contribution in [2.75, 3.05) is 6.54 Å². The first-order valence-corrected chi connectivity index (χ1v) is 4.42. The molecule has 0 rings (SSSR count). The van der Waals surface area contributed by atoms with Gasteiger partial charge in [-0.3, -0.25) is 0 Å². The molecular formula is C6H14Cl2N2O2. The molecule has 0 heterocycles. The maximum atomic E-state index is 8.11. The molecule has 1 N–H and O–H groups in total. The summed E-state index contributed by atoms with van der Waals surface area (Å²) in [4.78, 5) is 8.11. The molecule has 0 unspecified atom stereocenters. The highest BCUT2D eigenvalue weighted by Crippen LogP contribution is 2.04. The first kappa shape index (κ1) is 14.5. The summed E-state index contributed by atoms with van der Waals surface area (Å²) in [5.74, 6) is 0. The third-order valence-electron chi connectivity index (χ3n) is 1.18. The average Bonchev–Trinajstić information content (AvgIpc) is 1.99. The molecule has 0 aromatic rings. The SMILES string of the molecule is CCCCCCN(Cl)Cl.O=NO. The third kappa shape index (κ3) is 22.5. The summed E-state index contributed by atoms with van der Waals surface area (Å²) in [7, 11) is 0. The number of nitrogens with zero attached hydrogens (tertiary/aromatic N) is 2. The summed E-state index contributed by atoms with van der Waals surface area (Å²) in [5, 5.41) is 7.89. The van der Waals surface area contributed by atoms with Crippen LogP contribution in [0.1, 0.15) is 32.6 Å². The van der Waals surface area contributed by atoms with Crippen LogP contribution in [0.2, 0.25) is 0 Å². The van der Waals surface area contributed by atoms with Gasteiger partial charge < -0.3 is 5.21 Å². The number of halogens is 2. The summed E-state index contributed by atoms with van der Waals surface area (Å²) < 4.78 is 1.19. The lowest BCUT2D eigenvalue weighted by Gasteiger charge is -2.01. The second-order valence-corrected chi connectivity index (χ2v) is 3.16. The molecule has 0 aliphatic rings. The van der Waals surface area contributed by atoms with Crippen molar-refractivity contribution < 1.29 is 5.21 Å². The van der Waals surface area contributed by atoms with Crippen LogP contribution in [0.3, 0.4) is 0 Å². The van der Waals surface area contributed by atoms with Gasteiger partial charge in [0.1, 0.15) is 0 Å². The molecule has 74 valence electrons. The molecule has 6 heteroatoms. The highest BCUT2D eigenvalue weighted by atomic mass is 35.5. The maximum Gasteiger partial charge on any atom is 0.152 e. The summed E-state index contributed by atoms with van der Waals surface area (Å²) >= 11 is 10.7. The van der Waals surface area contributed by atoms with Gasteiger partial charge in [-0.2, -0.15) is 0 Å². The number of hydrogen-bond donors (Lipinski definition) is 1. The molecule has 0 amide bonds. The van der Waals surface area contributed by atoms with Crippen LogP contribution in [0.15, 0.2) is 5.34 Å². The van der Waals surface area contributed by atoms with Gasteiger partial charge in [0.25, 0.3) is 0 Å². The third-order valence-corrected chi connectivity index (χ3v) is 1.52. The molecule has 0 aliphatic carbocycles. The van der Waals surface area contributed by atoms with Crippen molar-refractivity contribution in [3.05, 3.63) is 4.91 Å². The lowest BCUT2D eigenvalue weighted by atomic mass is 10.2. The zero-order valence-corrected chi connectivity index (χ0v) is 8.55. The second kappa shape index (κ2) is 13.5. The fraction of sp³-hybridized carbons (Fsp3) is 1.00. The van der Waals surface area contributed by atoms with Gasteiger partial charge in [0.05, 0.1) is 0 Å². The van der Waals surface area contributed by atoms with Crippen molar-refractivity contribution in [3.8, 4) is 0 Å². The van der Waals surface area contributed by atoms with E-state index in [9.17, 15) is 0 Å². The monoisotopic (exact) mass is 216 g/mol. The van der Waals surface area contributed by atoms with Crippen LogP contribution in [0.4, 0.5) is 0 Å². The van der Waals surface area contributed by atoms with Gasteiger partial charge >= 0.3 is 0 Å². The van der Waals surface area contributed by atoms with Crippen LogP contribution in [0.25, 0.3) is 0 Å². The Labute approximate surface area is 82.6 Å². The van der Waals surface area contributed by atoms with Crippen LogP contribution < -0.4 is 0 Å². The van der Waals surface area contributed by atoms with E-state index >= 15 is 0 Å². The predicted molar refractivity (Wildman–Crippen MR) is 50.1 cm³/mol. The van der Waals surface area contributed by atoms with E-state index in [-0.39, 0.29) is 0 Å². The van der Waals surface area contributed by atoms with Crippen LogP contribution >= 0.6 is 23.6 Å². The van der Waals surface area contributed by atoms with Crippen molar-refractivity contribution in [2.24, 2.45) is 5.34 Å². The zero-order valence-electron chi connectivity index (χ0n) is 7.04. The molecule has 0 aromatic heterocycles. The van der Waals surface area contributed by atoms with E-state index in [1.165, 1.54) is 28.5 Å². The zero-order chi connectivity index (χ0) is 9.82. The van der Waals surface area contributed by atoms with Crippen LogP contribution in [-0.2, 0) is 0 Å². The number of hydrogen-bond acceptors (Lipinski definition) is 3. The quantitative estimate of drug-likeness (QED) is 0.332. The minimum Gasteiger partial charge on any atom is -0.379 e. The van der Waals surface area contributed by atoms with Crippen molar-refractivity contribution in [3.63, 3.8) is 0 Å². The lowest BCUT2D eigenvalue weighted by Crippen LogP contribution is -1.98. The van der Waals surface area contributed by atoms with Gasteiger partial charge in [0, 0.05) is 6.54 Å². The molecule has 12 heavy (non-hydrogen) atoms. The molecule has 0 radical (unpaired) electrons. The van der Waals surface area contributed by atoms with Crippen molar-refractivity contribution in [1.82, 2.24) is 3.94 Å². The molecule has 0 atom stereocenters. The van der Waals surface area contributed by atoms with Gasteiger partial charge in [-0.05, 0) is 30.0 Å². The molecule has 0 saturated heterocycles. The Bertz CT molecular complexity index is 93.6. The lowest BCUT2D eigenvalue weighted by molar-refractivity contribution is 0.312. The highest BCUT2D eigenvalue weighted by molar-refractivity contribution is 6.33. The Balaban J connectivity index is 0. The Hall–Kier alpha value is -0.0600. The Kier molecular flexibility index (Phi) is 16.3. The predicted octanol–water partition coefficient (Wildman–Crippen LogP) is 3.32. The fourth-order valence-corrected chi connectivity index (χ4v) is 0.897. The van der Waals surface area contributed by atoms with Gasteiger partial charge in [-0.1, -0.05) is 26.2 Å². The van der Waals surface area contributed by atoms with Crippen LogP contribution in [0.5, 0.6) is 0 Å². The van der Waals surface area contributed by atoms with E-state index < -0.39 is 0 Å². The summed E-state index contributed by atoms with van der Waals surface area (Å²) in [6.45, 7) is 2.96. The minimum absolute atomic E-state index is 0.781. The summed E-state index contributed by atoms with van der Waals surface area (Å²) in [6, 6.07) is 0. The van der Waals surface area contributed by atoms with E-state index in [0.29, 0.717) is 0 Å². The summed E-state index contributed by atoms with van der Waals surface area (Å²) in [6.07, 6.45) is 4.86. The van der Waals surface area contributed by atoms with E-state index in [1.807, 2.05) is 0 Å². The number of unbranched alkanes of at least 4 members (excludes halogenated alkanes) is 3. The average molecular weight is 217 g/mol. The standard InChI is InChI=1S/C6H13Cl2N.HNO2/c1-2-3-4-5-6-9(7)8;2-1-3/h2-6H2,1H3;(H,2,3). The van der Waals surface area contributed by atoms with Gasteiger partial charge in [-0.25, -0.2) is 0 Å². The first-order valence-electron chi connectivity index (χ1n) is 3.74. The molecule has 0 bridgehead atoms. The van der Waals surface area contributed by atoms with Crippen molar-refractivity contribution >= 4 is 23.6 Å². The van der Waals surface area contributed by atoms with Gasteiger partial charge in [0.15, 0.2) is 5.34 Å². The van der Waals surface area contributed by atoms with E-state index in [0.717, 1.165) is 13.0 Å². The van der Waals surface area contributed by atoms with Crippen LogP contribution in [0, 0.1) is 4.91 Å². The van der Waals surface area contributed by atoms with Gasteiger partial charge in [0.2, 0.25) is 0 Å². The Morgan fingerprint density at radius 2 is 1.83 bits per heavy atom. The fourth-order valence-electron chi connectivity index (χ4n) is 0.658. The Morgan fingerprint density at radius 1 is 1.33 bits per heavy atom. The first-order chi connectivity index (χ1) is 5.68. The molecule has 0 fully saturated rings. The maximum absolute atomic E-state index is 8.11.